The molecule has 0 aliphatic heterocycles. The number of esters is 1. The molecule has 0 fully saturated rings. The monoisotopic (exact) mass is 394 g/mol. The molecular weight excluding hydrogens is 376 g/mol. The number of para-hydroxylation sites is 2. The molecular formula is C22H19ClN2O3. The molecule has 142 valence electrons. The number of carbonyl (C=O) groups excluding carboxylic acids is 1. The van der Waals surface area contributed by atoms with E-state index < -0.39 is 0 Å². The highest BCUT2D eigenvalue weighted by atomic mass is 35.5. The van der Waals surface area contributed by atoms with Crippen LogP contribution in [0.2, 0.25) is 5.02 Å². The van der Waals surface area contributed by atoms with Crippen molar-refractivity contribution in [3.63, 3.8) is 0 Å². The normalized spacial score (nSPS) is 10.6. The van der Waals surface area contributed by atoms with Crippen LogP contribution in [-0.2, 0) is 11.3 Å². The third kappa shape index (κ3) is 5.11. The summed E-state index contributed by atoms with van der Waals surface area (Å²) in [5, 5.41) is 4.83. The molecule has 0 heterocycles. The van der Waals surface area contributed by atoms with E-state index in [0.29, 0.717) is 22.9 Å². The molecule has 3 aromatic rings. The van der Waals surface area contributed by atoms with Crippen LogP contribution in [0.4, 0.5) is 5.69 Å². The maximum Gasteiger partial charge on any atom is 0.337 e. The summed E-state index contributed by atoms with van der Waals surface area (Å²) in [6.45, 7) is 0.365. The van der Waals surface area contributed by atoms with Crippen molar-refractivity contribution in [1.29, 1.82) is 0 Å². The number of carbonyl (C=O) groups is 1. The SMILES string of the molecule is COC(=O)c1ccc(COc2ccccc2/C=N\Nc2ccccc2Cl)cc1. The Morgan fingerprint density at radius 3 is 2.50 bits per heavy atom. The molecule has 0 aliphatic rings. The predicted molar refractivity (Wildman–Crippen MR) is 111 cm³/mol. The number of rotatable bonds is 7. The van der Waals surface area contributed by atoms with Gasteiger partial charge in [-0.3, -0.25) is 5.43 Å². The summed E-state index contributed by atoms with van der Waals surface area (Å²) in [6.07, 6.45) is 1.68. The van der Waals surface area contributed by atoms with Crippen LogP contribution in [0.5, 0.6) is 5.75 Å². The van der Waals surface area contributed by atoms with Gasteiger partial charge in [0.05, 0.1) is 29.6 Å². The zero-order valence-electron chi connectivity index (χ0n) is 15.3. The number of hydrogen-bond donors (Lipinski definition) is 1. The Morgan fingerprint density at radius 1 is 1.04 bits per heavy atom. The second kappa shape index (κ2) is 9.58. The molecule has 3 aromatic carbocycles. The van der Waals surface area contributed by atoms with Crippen LogP contribution in [0.25, 0.3) is 0 Å². The fourth-order valence-corrected chi connectivity index (χ4v) is 2.64. The number of methoxy groups -OCH3 is 1. The molecule has 0 atom stereocenters. The molecule has 0 spiro atoms. The number of nitrogens with zero attached hydrogens (tertiary/aromatic N) is 1. The summed E-state index contributed by atoms with van der Waals surface area (Å²) < 4.78 is 10.6. The third-order valence-corrected chi connectivity index (χ3v) is 4.28. The highest BCUT2D eigenvalue weighted by Gasteiger charge is 2.06. The highest BCUT2D eigenvalue weighted by Crippen LogP contribution is 2.21. The summed E-state index contributed by atoms with van der Waals surface area (Å²) in [4.78, 5) is 11.5. The minimum absolute atomic E-state index is 0.361. The van der Waals surface area contributed by atoms with Gasteiger partial charge in [-0.05, 0) is 42.0 Å². The van der Waals surface area contributed by atoms with Gasteiger partial charge in [0.25, 0.3) is 0 Å². The Kier molecular flexibility index (Phi) is 6.65. The van der Waals surface area contributed by atoms with Gasteiger partial charge < -0.3 is 9.47 Å². The first kappa shape index (κ1) is 19.5. The van der Waals surface area contributed by atoms with E-state index in [1.807, 2.05) is 54.6 Å². The highest BCUT2D eigenvalue weighted by molar-refractivity contribution is 6.33. The maximum atomic E-state index is 11.5. The Morgan fingerprint density at radius 2 is 1.75 bits per heavy atom. The molecule has 0 radical (unpaired) electrons. The van der Waals surface area contributed by atoms with Crippen LogP contribution >= 0.6 is 11.6 Å². The Hall–Kier alpha value is -3.31. The second-order valence-electron chi connectivity index (χ2n) is 5.86. The number of benzene rings is 3. The van der Waals surface area contributed by atoms with Crippen molar-refractivity contribution in [2.45, 2.75) is 6.61 Å². The van der Waals surface area contributed by atoms with Crippen LogP contribution in [-0.4, -0.2) is 19.3 Å². The first-order valence-electron chi connectivity index (χ1n) is 8.60. The van der Waals surface area contributed by atoms with Gasteiger partial charge in [-0.1, -0.05) is 48.0 Å². The van der Waals surface area contributed by atoms with E-state index in [2.05, 4.69) is 10.5 Å². The molecule has 0 unspecified atom stereocenters. The predicted octanol–water partition coefficient (Wildman–Crippen LogP) is 5.15. The average Bonchev–Trinajstić information content (AvgIpc) is 2.74. The summed E-state index contributed by atoms with van der Waals surface area (Å²) in [6, 6.07) is 22.1. The van der Waals surface area contributed by atoms with E-state index in [9.17, 15) is 4.79 Å². The van der Waals surface area contributed by atoms with Gasteiger partial charge in [0.2, 0.25) is 0 Å². The van der Waals surface area contributed by atoms with Gasteiger partial charge in [-0.15, -0.1) is 0 Å². The largest absolute Gasteiger partial charge is 0.488 e. The number of halogens is 1. The first-order valence-corrected chi connectivity index (χ1v) is 8.98. The van der Waals surface area contributed by atoms with Crippen molar-refractivity contribution in [3.8, 4) is 5.75 Å². The Labute approximate surface area is 168 Å². The molecule has 0 amide bonds. The zero-order chi connectivity index (χ0) is 19.8. The zero-order valence-corrected chi connectivity index (χ0v) is 16.0. The van der Waals surface area contributed by atoms with E-state index in [1.165, 1.54) is 7.11 Å². The molecule has 0 saturated heterocycles. The average molecular weight is 395 g/mol. The van der Waals surface area contributed by atoms with Crippen molar-refractivity contribution < 1.29 is 14.3 Å². The van der Waals surface area contributed by atoms with Gasteiger partial charge in [-0.2, -0.15) is 5.10 Å². The van der Waals surface area contributed by atoms with E-state index in [1.54, 1.807) is 24.4 Å². The quantitative estimate of drug-likeness (QED) is 0.342. The molecule has 0 saturated carbocycles. The van der Waals surface area contributed by atoms with Crippen molar-refractivity contribution in [3.05, 3.63) is 94.5 Å². The molecule has 28 heavy (non-hydrogen) atoms. The second-order valence-corrected chi connectivity index (χ2v) is 6.27. The fraction of sp³-hybridized carbons (Fsp3) is 0.0909. The van der Waals surface area contributed by atoms with Crippen molar-refractivity contribution in [1.82, 2.24) is 0 Å². The minimum atomic E-state index is -0.361. The lowest BCUT2D eigenvalue weighted by molar-refractivity contribution is 0.0600. The van der Waals surface area contributed by atoms with Gasteiger partial charge in [0.1, 0.15) is 12.4 Å². The minimum Gasteiger partial charge on any atom is -0.488 e. The van der Waals surface area contributed by atoms with E-state index in [0.717, 1.165) is 16.8 Å². The van der Waals surface area contributed by atoms with Crippen LogP contribution in [0, 0.1) is 0 Å². The number of hydrogen-bond acceptors (Lipinski definition) is 5. The lowest BCUT2D eigenvalue weighted by Crippen LogP contribution is -2.02. The molecule has 0 aliphatic carbocycles. The van der Waals surface area contributed by atoms with E-state index >= 15 is 0 Å². The van der Waals surface area contributed by atoms with Gasteiger partial charge in [0, 0.05) is 5.56 Å². The van der Waals surface area contributed by atoms with E-state index in [-0.39, 0.29) is 5.97 Å². The van der Waals surface area contributed by atoms with Crippen LogP contribution < -0.4 is 10.2 Å². The Balaban J connectivity index is 1.64. The van der Waals surface area contributed by atoms with Crippen LogP contribution in [0.3, 0.4) is 0 Å². The summed E-state index contributed by atoms with van der Waals surface area (Å²) in [7, 11) is 1.36. The summed E-state index contributed by atoms with van der Waals surface area (Å²) in [5.41, 5.74) is 5.92. The smallest absolute Gasteiger partial charge is 0.337 e. The van der Waals surface area contributed by atoms with Crippen LogP contribution in [0.1, 0.15) is 21.5 Å². The number of nitrogens with one attached hydrogen (secondary N) is 1. The van der Waals surface area contributed by atoms with Gasteiger partial charge >= 0.3 is 5.97 Å². The van der Waals surface area contributed by atoms with E-state index in [4.69, 9.17) is 21.1 Å². The third-order valence-electron chi connectivity index (χ3n) is 3.95. The first-order chi connectivity index (χ1) is 13.7. The molecule has 0 aromatic heterocycles. The lowest BCUT2D eigenvalue weighted by atomic mass is 10.1. The maximum absolute atomic E-state index is 11.5. The molecule has 0 bridgehead atoms. The van der Waals surface area contributed by atoms with Gasteiger partial charge in [-0.25, -0.2) is 4.79 Å². The number of hydrazone groups is 1. The lowest BCUT2D eigenvalue weighted by Gasteiger charge is -2.09. The number of ether oxygens (including phenoxy) is 2. The topological polar surface area (TPSA) is 59.9 Å². The standard InChI is InChI=1S/C22H19ClN2O3/c1-27-22(26)17-12-10-16(11-13-17)15-28-21-9-5-2-6-18(21)14-24-25-20-8-4-3-7-19(20)23/h2-14,25H,15H2,1H3/b24-14-. The summed E-state index contributed by atoms with van der Waals surface area (Å²) >= 11 is 6.10. The van der Waals surface area contributed by atoms with Crippen LogP contribution in [0.15, 0.2) is 77.9 Å². The summed E-state index contributed by atoms with van der Waals surface area (Å²) in [5.74, 6) is 0.337. The Bertz CT molecular complexity index is 972. The van der Waals surface area contributed by atoms with Crippen molar-refractivity contribution in [2.24, 2.45) is 5.10 Å². The molecule has 5 nitrogen and oxygen atoms in total. The van der Waals surface area contributed by atoms with Crippen molar-refractivity contribution in [2.75, 3.05) is 12.5 Å². The number of anilines is 1. The molecule has 1 N–H and O–H groups in total. The molecule has 3 rings (SSSR count). The van der Waals surface area contributed by atoms with Crippen molar-refractivity contribution >= 4 is 29.5 Å². The van der Waals surface area contributed by atoms with Gasteiger partial charge in [0.15, 0.2) is 0 Å². The fourth-order valence-electron chi connectivity index (χ4n) is 2.46. The molecule has 6 heteroatoms.